The molecule has 2 aliphatic rings. The molecule has 4 nitrogen and oxygen atoms in total. The van der Waals surface area contributed by atoms with Gasteiger partial charge in [0.2, 0.25) is 5.91 Å². The number of aromatic nitrogens is 2. The number of hydrogen-bond acceptors (Lipinski definition) is 2. The van der Waals surface area contributed by atoms with Gasteiger partial charge in [0.25, 0.3) is 0 Å². The van der Waals surface area contributed by atoms with Gasteiger partial charge in [-0.1, -0.05) is 19.3 Å². The highest BCUT2D eigenvalue weighted by Crippen LogP contribution is 2.44. The van der Waals surface area contributed by atoms with Gasteiger partial charge in [-0.05, 0) is 25.2 Å². The monoisotopic (exact) mass is 261 g/mol. The fourth-order valence-electron chi connectivity index (χ4n) is 3.69. The van der Waals surface area contributed by atoms with Crippen molar-refractivity contribution in [1.82, 2.24) is 14.5 Å². The van der Waals surface area contributed by atoms with Crippen LogP contribution in [0.1, 0.15) is 44.3 Å². The molecular formula is C15H23N3O. The first kappa shape index (κ1) is 12.7. The van der Waals surface area contributed by atoms with Crippen LogP contribution >= 0.6 is 0 Å². The number of carbonyl (C=O) groups is 1. The Morgan fingerprint density at radius 2 is 2.05 bits per heavy atom. The van der Waals surface area contributed by atoms with Gasteiger partial charge in [-0.25, -0.2) is 4.98 Å². The fraction of sp³-hybridized carbons (Fsp3) is 0.733. The number of carbonyl (C=O) groups excluding carboxylic acids is 1. The van der Waals surface area contributed by atoms with Gasteiger partial charge in [0, 0.05) is 38.4 Å². The number of likely N-dealkylation sites (tertiary alicyclic amines) is 1. The maximum absolute atomic E-state index is 12.2. The van der Waals surface area contributed by atoms with E-state index in [1.165, 1.54) is 32.1 Å². The van der Waals surface area contributed by atoms with Crippen molar-refractivity contribution < 1.29 is 4.79 Å². The SMILES string of the molecule is Cc1nccn1CCN1CC2(CCCCC2)CC1=O. The second-order valence-electron chi connectivity index (χ2n) is 6.22. The lowest BCUT2D eigenvalue weighted by molar-refractivity contribution is -0.127. The molecule has 1 saturated heterocycles. The average molecular weight is 261 g/mol. The molecule has 0 atom stereocenters. The van der Waals surface area contributed by atoms with Crippen LogP contribution in [0.5, 0.6) is 0 Å². The predicted octanol–water partition coefficient (Wildman–Crippen LogP) is 2.37. The molecule has 1 saturated carbocycles. The minimum atomic E-state index is 0.319. The molecule has 3 rings (SSSR count). The standard InChI is InChI=1S/C15H23N3O/c1-13-16-7-8-17(13)9-10-18-12-15(11-14(18)19)5-3-2-4-6-15/h7-8H,2-6,9-12H2,1H3. The number of aryl methyl sites for hydroxylation is 1. The second-order valence-corrected chi connectivity index (χ2v) is 6.22. The summed E-state index contributed by atoms with van der Waals surface area (Å²) in [4.78, 5) is 18.5. The molecular weight excluding hydrogens is 238 g/mol. The lowest BCUT2D eigenvalue weighted by Crippen LogP contribution is -2.32. The van der Waals surface area contributed by atoms with Gasteiger partial charge in [0.1, 0.15) is 5.82 Å². The molecule has 4 heteroatoms. The number of nitrogens with zero attached hydrogens (tertiary/aromatic N) is 3. The molecule has 19 heavy (non-hydrogen) atoms. The van der Waals surface area contributed by atoms with Crippen LogP contribution in [0.15, 0.2) is 12.4 Å². The van der Waals surface area contributed by atoms with Gasteiger partial charge in [0.15, 0.2) is 0 Å². The third kappa shape index (κ3) is 2.53. The van der Waals surface area contributed by atoms with Crippen LogP contribution in [-0.4, -0.2) is 33.4 Å². The van der Waals surface area contributed by atoms with Crippen molar-refractivity contribution in [2.75, 3.05) is 13.1 Å². The number of hydrogen-bond donors (Lipinski definition) is 0. The van der Waals surface area contributed by atoms with E-state index in [0.29, 0.717) is 11.3 Å². The van der Waals surface area contributed by atoms with E-state index < -0.39 is 0 Å². The Morgan fingerprint density at radius 3 is 2.74 bits per heavy atom. The van der Waals surface area contributed by atoms with E-state index in [0.717, 1.165) is 31.9 Å². The van der Waals surface area contributed by atoms with E-state index in [4.69, 9.17) is 0 Å². The van der Waals surface area contributed by atoms with Gasteiger partial charge >= 0.3 is 0 Å². The van der Waals surface area contributed by atoms with E-state index in [-0.39, 0.29) is 0 Å². The first-order chi connectivity index (χ1) is 9.19. The minimum Gasteiger partial charge on any atom is -0.340 e. The van der Waals surface area contributed by atoms with E-state index >= 15 is 0 Å². The summed E-state index contributed by atoms with van der Waals surface area (Å²) in [5.74, 6) is 1.39. The van der Waals surface area contributed by atoms with Crippen LogP contribution in [-0.2, 0) is 11.3 Å². The van der Waals surface area contributed by atoms with Gasteiger partial charge in [0.05, 0.1) is 0 Å². The molecule has 0 aromatic carbocycles. The molecule has 2 heterocycles. The largest absolute Gasteiger partial charge is 0.340 e. The summed E-state index contributed by atoms with van der Waals surface area (Å²) in [6.07, 6.45) is 11.1. The third-order valence-electron chi connectivity index (χ3n) is 4.85. The van der Waals surface area contributed by atoms with E-state index in [1.807, 2.05) is 19.3 Å². The zero-order valence-electron chi connectivity index (χ0n) is 11.8. The molecule has 104 valence electrons. The Bertz CT molecular complexity index is 460. The maximum Gasteiger partial charge on any atom is 0.223 e. The van der Waals surface area contributed by atoms with Crippen molar-refractivity contribution in [3.63, 3.8) is 0 Å². The Labute approximate surface area is 114 Å². The summed E-state index contributed by atoms with van der Waals surface area (Å²) in [7, 11) is 0. The molecule has 0 radical (unpaired) electrons. The highest BCUT2D eigenvalue weighted by molar-refractivity contribution is 5.79. The fourth-order valence-corrected chi connectivity index (χ4v) is 3.69. The summed E-state index contributed by atoms with van der Waals surface area (Å²) in [5, 5.41) is 0. The lowest BCUT2D eigenvalue weighted by atomic mass is 9.73. The zero-order valence-corrected chi connectivity index (χ0v) is 11.8. The molecule has 2 fully saturated rings. The molecule has 1 aromatic rings. The van der Waals surface area contributed by atoms with Crippen LogP contribution < -0.4 is 0 Å². The normalized spacial score (nSPS) is 22.4. The molecule has 0 unspecified atom stereocenters. The summed E-state index contributed by atoms with van der Waals surface area (Å²) >= 11 is 0. The van der Waals surface area contributed by atoms with Crippen LogP contribution in [0, 0.1) is 12.3 Å². The van der Waals surface area contributed by atoms with Crippen molar-refractivity contribution in [1.29, 1.82) is 0 Å². The Kier molecular flexibility index (Phi) is 3.33. The van der Waals surface area contributed by atoms with Crippen molar-refractivity contribution in [2.45, 2.75) is 52.0 Å². The van der Waals surface area contributed by atoms with Crippen LogP contribution in [0.2, 0.25) is 0 Å². The van der Waals surface area contributed by atoms with Gasteiger partial charge < -0.3 is 9.47 Å². The van der Waals surface area contributed by atoms with E-state index in [1.54, 1.807) is 0 Å². The Morgan fingerprint density at radius 1 is 1.26 bits per heavy atom. The highest BCUT2D eigenvalue weighted by atomic mass is 16.2. The van der Waals surface area contributed by atoms with Crippen molar-refractivity contribution in [2.24, 2.45) is 5.41 Å². The summed E-state index contributed by atoms with van der Waals surface area (Å²) in [5.41, 5.74) is 0.319. The highest BCUT2D eigenvalue weighted by Gasteiger charge is 2.43. The average Bonchev–Trinajstić information content (AvgIpc) is 2.93. The van der Waals surface area contributed by atoms with Crippen molar-refractivity contribution in [3.8, 4) is 0 Å². The van der Waals surface area contributed by atoms with Crippen molar-refractivity contribution >= 4 is 5.91 Å². The van der Waals surface area contributed by atoms with Gasteiger partial charge in [-0.2, -0.15) is 0 Å². The Hall–Kier alpha value is -1.32. The Balaban J connectivity index is 1.60. The zero-order chi connectivity index (χ0) is 13.3. The smallest absolute Gasteiger partial charge is 0.223 e. The predicted molar refractivity (Wildman–Crippen MR) is 73.7 cm³/mol. The van der Waals surface area contributed by atoms with Crippen LogP contribution in [0.4, 0.5) is 0 Å². The van der Waals surface area contributed by atoms with Crippen LogP contribution in [0.3, 0.4) is 0 Å². The van der Waals surface area contributed by atoms with Crippen LogP contribution in [0.25, 0.3) is 0 Å². The molecule has 1 amide bonds. The van der Waals surface area contributed by atoms with E-state index in [9.17, 15) is 4.79 Å². The summed E-state index contributed by atoms with van der Waals surface area (Å²) < 4.78 is 2.12. The second kappa shape index (κ2) is 4.99. The first-order valence-electron chi connectivity index (χ1n) is 7.44. The summed E-state index contributed by atoms with van der Waals surface area (Å²) in [6, 6.07) is 0. The van der Waals surface area contributed by atoms with Gasteiger partial charge in [-0.3, -0.25) is 4.79 Å². The molecule has 0 N–H and O–H groups in total. The van der Waals surface area contributed by atoms with E-state index in [2.05, 4.69) is 14.5 Å². The molecule has 0 bridgehead atoms. The molecule has 1 aromatic heterocycles. The molecule has 1 spiro atoms. The van der Waals surface area contributed by atoms with Crippen molar-refractivity contribution in [3.05, 3.63) is 18.2 Å². The maximum atomic E-state index is 12.2. The molecule has 1 aliphatic heterocycles. The number of rotatable bonds is 3. The quantitative estimate of drug-likeness (QED) is 0.838. The number of amides is 1. The first-order valence-corrected chi connectivity index (χ1v) is 7.44. The minimum absolute atomic E-state index is 0.319. The topological polar surface area (TPSA) is 38.1 Å². The third-order valence-corrected chi connectivity index (χ3v) is 4.85. The molecule has 1 aliphatic carbocycles. The lowest BCUT2D eigenvalue weighted by Gasteiger charge is -2.32. The van der Waals surface area contributed by atoms with Gasteiger partial charge in [-0.15, -0.1) is 0 Å². The summed E-state index contributed by atoms with van der Waals surface area (Å²) in [6.45, 7) is 4.69. The number of imidazole rings is 1.